The van der Waals surface area contributed by atoms with Crippen LogP contribution in [0.5, 0.6) is 17.2 Å². The van der Waals surface area contributed by atoms with E-state index in [9.17, 15) is 0 Å². The molecule has 0 unspecified atom stereocenters. The summed E-state index contributed by atoms with van der Waals surface area (Å²) >= 11 is 26.2. The molecule has 0 bridgehead atoms. The largest absolute Gasteiger partial charge is 0.489 e. The highest BCUT2D eigenvalue weighted by molar-refractivity contribution is 6.35. The summed E-state index contributed by atoms with van der Waals surface area (Å²) in [5.74, 6) is 101. The highest BCUT2D eigenvalue weighted by Crippen LogP contribution is 2.44. The molecule has 0 spiro atoms. The van der Waals surface area contributed by atoms with Gasteiger partial charge in [-0.2, -0.15) is 0 Å². The fourth-order valence-electron chi connectivity index (χ4n) is 6.25. The maximum Gasteiger partial charge on any atom is 0.144 e. The summed E-state index contributed by atoms with van der Waals surface area (Å²) in [5, 5.41) is 3.46. The molecule has 0 aromatic heterocycles. The Morgan fingerprint density at radius 3 is 0.976 bits per heavy atom. The number of methoxy groups -OCH3 is 1. The maximum atomic E-state index is 6.54. The molecule has 0 aliphatic carbocycles. The third-order valence-corrected chi connectivity index (χ3v) is 10.1. The second kappa shape index (κ2) is 36.3. The lowest BCUT2D eigenvalue weighted by atomic mass is 9.79. The molecule has 5 aromatic rings. The maximum absolute atomic E-state index is 6.54. The Morgan fingerprint density at radius 2 is 0.639 bits per heavy atom. The van der Waals surface area contributed by atoms with E-state index in [0.29, 0.717) is 54.0 Å². The van der Waals surface area contributed by atoms with Crippen LogP contribution in [-0.4, -0.2) is 7.11 Å². The van der Waals surface area contributed by atoms with Crippen molar-refractivity contribution in [3.8, 4) is 279 Å². The van der Waals surface area contributed by atoms with Gasteiger partial charge in [-0.05, 0) is 194 Å². The molecule has 0 saturated heterocycles. The molecule has 0 fully saturated rings. The van der Waals surface area contributed by atoms with Gasteiger partial charge in [-0.15, -0.1) is 12.8 Å². The molecule has 5 aromatic carbocycles. The Labute approximate surface area is 504 Å². The first-order chi connectivity index (χ1) is 40.7. The first-order valence-corrected chi connectivity index (χ1v) is 24.3. The minimum absolute atomic E-state index is 0.0899. The van der Waals surface area contributed by atoms with Gasteiger partial charge < -0.3 is 18.9 Å². The third-order valence-electron chi connectivity index (χ3n) is 9.24. The fraction of sp³-hybridized carbons (Fsp3) is 0.0400. The minimum Gasteiger partial charge on any atom is -0.489 e. The Kier molecular flexibility index (Phi) is 26.7. The molecule has 0 amide bonds. The van der Waals surface area contributed by atoms with Crippen LogP contribution in [0, 0.1) is 262 Å². The van der Waals surface area contributed by atoms with E-state index in [1.165, 1.54) is 0 Å². The SMILES string of the molecule is C#CC#CC#CC#CC#CC#CC#CC#CC#CC#CC#COc1cc(COc2ccc3cc(C(OC)(c4cc(Cl)cc(Cl)c4)c4cc(Cl)cc(Cl)c4)ccc3c2)cc(OC#CC#CC#CC#CC#CC#CC#CC#CC#CC#CC#C)c1. The number of halogens is 4. The molecule has 0 N–H and O–H groups in total. The highest BCUT2D eigenvalue weighted by atomic mass is 35.5. The summed E-state index contributed by atoms with van der Waals surface area (Å²) in [4.78, 5) is 0. The molecule has 83 heavy (non-hydrogen) atoms. The van der Waals surface area contributed by atoms with Crippen LogP contribution in [0.15, 0.2) is 91.0 Å². The number of hydrogen-bond acceptors (Lipinski definition) is 4. The van der Waals surface area contributed by atoms with Gasteiger partial charge in [0.05, 0.1) is 0 Å². The van der Waals surface area contributed by atoms with E-state index in [2.05, 4.69) is 249 Å². The molecule has 0 saturated carbocycles. The topological polar surface area (TPSA) is 36.9 Å². The second-order valence-corrected chi connectivity index (χ2v) is 16.2. The van der Waals surface area contributed by atoms with E-state index in [-0.39, 0.29) is 6.61 Å². The number of hydrogen-bond donors (Lipinski definition) is 0. The van der Waals surface area contributed by atoms with Crippen LogP contribution < -0.4 is 14.2 Å². The van der Waals surface area contributed by atoms with Crippen molar-refractivity contribution < 1.29 is 18.9 Å². The summed E-state index contributed by atoms with van der Waals surface area (Å²) in [5.41, 5.74) is 1.55. The predicted molar refractivity (Wildman–Crippen MR) is 329 cm³/mol. The van der Waals surface area contributed by atoms with E-state index in [4.69, 9.17) is 78.2 Å². The molecule has 0 aliphatic rings. The van der Waals surface area contributed by atoms with Gasteiger partial charge in [-0.1, -0.05) is 64.6 Å². The van der Waals surface area contributed by atoms with E-state index in [1.54, 1.807) is 61.7 Å². The summed E-state index contributed by atoms with van der Waals surface area (Å²) in [6.07, 6.45) is 15.1. The monoisotopic (exact) mass is 1130 g/mol. The van der Waals surface area contributed by atoms with Gasteiger partial charge in [-0.25, -0.2) is 0 Å². The van der Waals surface area contributed by atoms with Crippen molar-refractivity contribution in [2.45, 2.75) is 12.2 Å². The van der Waals surface area contributed by atoms with Gasteiger partial charge in [0, 0.05) is 175 Å². The number of benzene rings is 5. The minimum atomic E-state index is -1.21. The zero-order valence-corrected chi connectivity index (χ0v) is 45.7. The molecule has 0 heterocycles. The average molecular weight is 1130 g/mol. The van der Waals surface area contributed by atoms with Crippen LogP contribution in [0.3, 0.4) is 0 Å². The number of ether oxygens (including phenoxy) is 4. The zero-order chi connectivity index (χ0) is 58.8. The lowest BCUT2D eigenvalue weighted by Crippen LogP contribution is -2.31. The molecule has 374 valence electrons. The van der Waals surface area contributed by atoms with Gasteiger partial charge in [0.25, 0.3) is 0 Å². The molecule has 0 aliphatic heterocycles. The Morgan fingerprint density at radius 1 is 0.325 bits per heavy atom. The summed E-state index contributed by atoms with van der Waals surface area (Å²) in [6.45, 7) is 0.0899. The first kappa shape index (κ1) is 61.1. The van der Waals surface area contributed by atoms with Crippen molar-refractivity contribution >= 4 is 57.2 Å². The quantitative estimate of drug-likeness (QED) is 0.109. The van der Waals surface area contributed by atoms with Crippen molar-refractivity contribution in [2.75, 3.05) is 7.11 Å². The van der Waals surface area contributed by atoms with Gasteiger partial charge >= 0.3 is 0 Å². The summed E-state index contributed by atoms with van der Waals surface area (Å²) < 4.78 is 24.1. The predicted octanol–water partition coefficient (Wildman–Crippen LogP) is 9.98. The van der Waals surface area contributed by atoms with Crippen molar-refractivity contribution in [1.82, 2.24) is 0 Å². The molecule has 4 nitrogen and oxygen atoms in total. The van der Waals surface area contributed by atoms with Crippen molar-refractivity contribution in [3.05, 3.63) is 133 Å². The zero-order valence-electron chi connectivity index (χ0n) is 42.7. The average Bonchev–Trinajstić information content (AvgIpc) is 3.14. The molecule has 0 radical (unpaired) electrons. The first-order valence-electron chi connectivity index (χ1n) is 22.8. The lowest BCUT2D eigenvalue weighted by Gasteiger charge is -2.35. The van der Waals surface area contributed by atoms with Crippen LogP contribution in [0.1, 0.15) is 22.3 Å². The standard InChI is InChI=1S/C75H22Cl4O4/c1-4-6-8-10-12-14-16-18-20-22-24-26-28-30-32-34-36-38-40-42-48-81-73-50-62(51-74(60-73)82-49-43-41-39-37-35-33-31-29-27-25-23-21-19-17-15-13-11-9-7-5-2)61-83-72-47-45-63-52-65(46-44-64(63)53-72)75(80-3,66-54-68(76)58-69(77)55-66)67-56-70(78)59-71(79)57-67/h1-2,44-47,50-60H,61H2,3H3. The fourth-order valence-corrected chi connectivity index (χ4v) is 7.31. The van der Waals surface area contributed by atoms with E-state index < -0.39 is 5.60 Å². The van der Waals surface area contributed by atoms with Crippen LogP contribution in [0.25, 0.3) is 10.8 Å². The van der Waals surface area contributed by atoms with Crippen LogP contribution in [0.2, 0.25) is 20.1 Å². The van der Waals surface area contributed by atoms with Crippen molar-refractivity contribution in [2.24, 2.45) is 0 Å². The Hall–Kier alpha value is -12.8. The second-order valence-electron chi connectivity index (χ2n) is 14.5. The molecular weight excluding hydrogens is 1110 g/mol. The van der Waals surface area contributed by atoms with Crippen LogP contribution in [0.4, 0.5) is 0 Å². The van der Waals surface area contributed by atoms with Gasteiger partial charge in [0.1, 0.15) is 41.7 Å². The Balaban J connectivity index is 1.31. The number of rotatable bonds is 9. The normalized spacial score (nSPS) is 7.65. The van der Waals surface area contributed by atoms with Crippen LogP contribution in [-0.2, 0) is 16.9 Å². The third kappa shape index (κ3) is 22.8. The lowest BCUT2D eigenvalue weighted by molar-refractivity contribution is 0.0586. The van der Waals surface area contributed by atoms with E-state index in [0.717, 1.165) is 16.3 Å². The number of fused-ring (bicyclic) bond motifs is 1. The van der Waals surface area contributed by atoms with Crippen LogP contribution >= 0.6 is 46.4 Å². The summed E-state index contributed by atoms with van der Waals surface area (Å²) in [7, 11) is 1.60. The summed E-state index contributed by atoms with van der Waals surface area (Å²) in [6, 6.07) is 27.1. The van der Waals surface area contributed by atoms with Gasteiger partial charge in [0.15, 0.2) is 0 Å². The smallest absolute Gasteiger partial charge is 0.144 e. The molecule has 5 rings (SSSR count). The van der Waals surface area contributed by atoms with Crippen molar-refractivity contribution in [3.63, 3.8) is 0 Å². The molecule has 0 atom stereocenters. The number of terminal acetylenes is 2. The van der Waals surface area contributed by atoms with Crippen molar-refractivity contribution in [1.29, 1.82) is 0 Å². The van der Waals surface area contributed by atoms with E-state index in [1.807, 2.05) is 36.4 Å². The highest BCUT2D eigenvalue weighted by Gasteiger charge is 2.38. The molecular formula is C75H22Cl4O4. The van der Waals surface area contributed by atoms with E-state index >= 15 is 0 Å². The molecule has 8 heteroatoms. The Bertz CT molecular complexity index is 4650. The van der Waals surface area contributed by atoms with Gasteiger partial charge in [0.2, 0.25) is 0 Å². The van der Waals surface area contributed by atoms with Gasteiger partial charge in [-0.3, -0.25) is 0 Å².